The number of unbranched alkanes of at least 4 members (excludes halogenated alkanes) is 2. The highest BCUT2D eigenvalue weighted by Gasteiger charge is 1.92. The Balaban J connectivity index is 3.43. The van der Waals surface area contributed by atoms with Crippen molar-refractivity contribution in [3.05, 3.63) is 60.8 Å². The second-order valence-corrected chi connectivity index (χ2v) is 5.34. The number of aliphatic carboxylic acids is 1. The van der Waals surface area contributed by atoms with E-state index in [0.29, 0.717) is 0 Å². The van der Waals surface area contributed by atoms with Crippen molar-refractivity contribution >= 4 is 5.97 Å². The van der Waals surface area contributed by atoms with Gasteiger partial charge in [0.1, 0.15) is 0 Å². The molecule has 0 aliphatic heterocycles. The van der Waals surface area contributed by atoms with E-state index in [4.69, 9.17) is 5.11 Å². The molecule has 0 atom stereocenters. The SMILES string of the molecule is CC/C=C/C/C=C/C/C=C/C/C=C/CC/C=C/CCCC(=O)O. The molecule has 0 rings (SSSR count). The second kappa shape index (κ2) is 18.2. The molecule has 0 saturated carbocycles. The number of carboxylic acid groups (broad SMARTS) is 1. The van der Waals surface area contributed by atoms with Crippen LogP contribution in [0, 0.1) is 0 Å². The van der Waals surface area contributed by atoms with Gasteiger partial charge < -0.3 is 5.11 Å². The van der Waals surface area contributed by atoms with Gasteiger partial charge in [0.25, 0.3) is 0 Å². The van der Waals surface area contributed by atoms with Gasteiger partial charge in [-0.2, -0.15) is 0 Å². The topological polar surface area (TPSA) is 37.3 Å². The zero-order valence-corrected chi connectivity index (χ0v) is 14.5. The minimum Gasteiger partial charge on any atom is -0.481 e. The van der Waals surface area contributed by atoms with Crippen molar-refractivity contribution in [3.63, 3.8) is 0 Å². The lowest BCUT2D eigenvalue weighted by molar-refractivity contribution is -0.137. The fourth-order valence-electron chi connectivity index (χ4n) is 1.90. The minimum absolute atomic E-state index is 0.265. The van der Waals surface area contributed by atoms with Crippen LogP contribution in [0.5, 0.6) is 0 Å². The van der Waals surface area contributed by atoms with Gasteiger partial charge in [0, 0.05) is 6.42 Å². The van der Waals surface area contributed by atoms with Gasteiger partial charge in [0.05, 0.1) is 0 Å². The molecule has 0 aromatic carbocycles. The summed E-state index contributed by atoms with van der Waals surface area (Å²) < 4.78 is 0. The van der Waals surface area contributed by atoms with E-state index < -0.39 is 5.97 Å². The van der Waals surface area contributed by atoms with E-state index in [1.165, 1.54) is 0 Å². The van der Waals surface area contributed by atoms with Gasteiger partial charge >= 0.3 is 5.97 Å². The molecule has 0 radical (unpaired) electrons. The van der Waals surface area contributed by atoms with Crippen LogP contribution in [0.2, 0.25) is 0 Å². The molecule has 0 aromatic heterocycles. The molecule has 1 N–H and O–H groups in total. The van der Waals surface area contributed by atoms with Gasteiger partial charge in [0.15, 0.2) is 0 Å². The van der Waals surface area contributed by atoms with Crippen LogP contribution in [-0.4, -0.2) is 11.1 Å². The number of carboxylic acids is 1. The zero-order valence-electron chi connectivity index (χ0n) is 14.5. The summed E-state index contributed by atoms with van der Waals surface area (Å²) in [5.74, 6) is -0.710. The van der Waals surface area contributed by atoms with Crippen LogP contribution in [-0.2, 0) is 4.79 Å². The monoisotopic (exact) mass is 316 g/mol. The standard InChI is InChI=1S/C21H32O2/c1-2-3-4-5-6-7-8-9-10-11-12-13-14-15-16-17-18-19-20-21(22)23/h3-4,6-7,9-10,12-13,16-17H,2,5,8,11,14-15,18-20H2,1H3,(H,22,23)/b4-3+,7-6+,10-9+,13-12+,17-16+. The summed E-state index contributed by atoms with van der Waals surface area (Å²) >= 11 is 0. The Bertz CT molecular complexity index is 412. The number of rotatable bonds is 14. The van der Waals surface area contributed by atoms with Gasteiger partial charge in [-0.1, -0.05) is 67.7 Å². The van der Waals surface area contributed by atoms with E-state index in [9.17, 15) is 4.79 Å². The Hall–Kier alpha value is -1.83. The van der Waals surface area contributed by atoms with Crippen molar-refractivity contribution in [2.45, 2.75) is 64.7 Å². The molecule has 0 spiro atoms. The molecule has 0 aliphatic carbocycles. The van der Waals surface area contributed by atoms with Crippen LogP contribution >= 0.6 is 0 Å². The van der Waals surface area contributed by atoms with Crippen molar-refractivity contribution in [3.8, 4) is 0 Å². The van der Waals surface area contributed by atoms with Gasteiger partial charge in [-0.25, -0.2) is 0 Å². The van der Waals surface area contributed by atoms with Crippen LogP contribution < -0.4 is 0 Å². The lowest BCUT2D eigenvalue weighted by Crippen LogP contribution is -1.92. The summed E-state index contributed by atoms with van der Waals surface area (Å²) in [7, 11) is 0. The molecule has 0 aromatic rings. The highest BCUT2D eigenvalue weighted by molar-refractivity contribution is 5.66. The molecule has 0 amide bonds. The van der Waals surface area contributed by atoms with Crippen molar-refractivity contribution < 1.29 is 9.90 Å². The Morgan fingerprint density at radius 1 is 0.696 bits per heavy atom. The maximum absolute atomic E-state index is 10.3. The Kier molecular flexibility index (Phi) is 16.8. The predicted octanol–water partition coefficient (Wildman–Crippen LogP) is 6.38. The zero-order chi connectivity index (χ0) is 17.0. The molecule has 2 nitrogen and oxygen atoms in total. The third-order valence-corrected chi connectivity index (χ3v) is 3.15. The average Bonchev–Trinajstić information content (AvgIpc) is 2.53. The number of carbonyl (C=O) groups is 1. The van der Waals surface area contributed by atoms with Crippen LogP contribution in [0.1, 0.15) is 64.7 Å². The van der Waals surface area contributed by atoms with E-state index >= 15 is 0 Å². The Morgan fingerprint density at radius 2 is 1.13 bits per heavy atom. The predicted molar refractivity (Wildman–Crippen MR) is 101 cm³/mol. The van der Waals surface area contributed by atoms with Gasteiger partial charge in [0.2, 0.25) is 0 Å². The normalized spacial score (nSPS) is 12.7. The van der Waals surface area contributed by atoms with Crippen molar-refractivity contribution in [1.29, 1.82) is 0 Å². The molecule has 0 saturated heterocycles. The van der Waals surface area contributed by atoms with E-state index in [1.807, 2.05) is 0 Å². The quantitative estimate of drug-likeness (QED) is 0.298. The molecule has 0 aliphatic rings. The first kappa shape index (κ1) is 21.2. The van der Waals surface area contributed by atoms with Crippen LogP contribution in [0.15, 0.2) is 60.8 Å². The van der Waals surface area contributed by atoms with Crippen LogP contribution in [0.25, 0.3) is 0 Å². The van der Waals surface area contributed by atoms with Crippen molar-refractivity contribution in [2.75, 3.05) is 0 Å². The summed E-state index contributed by atoms with van der Waals surface area (Å²) in [4.78, 5) is 10.3. The molecule has 2 heteroatoms. The largest absolute Gasteiger partial charge is 0.481 e. The van der Waals surface area contributed by atoms with E-state index in [0.717, 1.165) is 51.4 Å². The third kappa shape index (κ3) is 20.2. The average molecular weight is 316 g/mol. The molecule has 0 bridgehead atoms. The first-order valence-corrected chi connectivity index (χ1v) is 8.74. The smallest absolute Gasteiger partial charge is 0.303 e. The highest BCUT2D eigenvalue weighted by atomic mass is 16.4. The van der Waals surface area contributed by atoms with Crippen molar-refractivity contribution in [1.82, 2.24) is 0 Å². The summed E-state index contributed by atoms with van der Waals surface area (Å²) in [6, 6.07) is 0. The number of hydrogen-bond acceptors (Lipinski definition) is 1. The number of allylic oxidation sites excluding steroid dienone is 10. The highest BCUT2D eigenvalue weighted by Crippen LogP contribution is 2.00. The van der Waals surface area contributed by atoms with Crippen LogP contribution in [0.4, 0.5) is 0 Å². The summed E-state index contributed by atoms with van der Waals surface area (Å²) in [5.41, 5.74) is 0. The van der Waals surface area contributed by atoms with E-state index in [-0.39, 0.29) is 6.42 Å². The first-order chi connectivity index (χ1) is 11.3. The lowest BCUT2D eigenvalue weighted by Gasteiger charge is -1.91. The molecular formula is C21H32O2. The third-order valence-electron chi connectivity index (χ3n) is 3.15. The molecule has 0 heterocycles. The molecule has 0 unspecified atom stereocenters. The fourth-order valence-corrected chi connectivity index (χ4v) is 1.90. The molecule has 23 heavy (non-hydrogen) atoms. The lowest BCUT2D eigenvalue weighted by atomic mass is 10.2. The summed E-state index contributed by atoms with van der Waals surface area (Å²) in [6.07, 6.45) is 29.9. The van der Waals surface area contributed by atoms with E-state index in [2.05, 4.69) is 67.7 Å². The Labute approximate surface area is 142 Å². The maximum atomic E-state index is 10.3. The minimum atomic E-state index is -0.710. The molecule has 0 fully saturated rings. The van der Waals surface area contributed by atoms with Gasteiger partial charge in [-0.05, 0) is 51.4 Å². The first-order valence-electron chi connectivity index (χ1n) is 8.74. The maximum Gasteiger partial charge on any atom is 0.303 e. The van der Waals surface area contributed by atoms with Gasteiger partial charge in [-0.3, -0.25) is 4.79 Å². The summed E-state index contributed by atoms with van der Waals surface area (Å²) in [5, 5.41) is 8.50. The van der Waals surface area contributed by atoms with E-state index in [1.54, 1.807) is 0 Å². The Morgan fingerprint density at radius 3 is 1.65 bits per heavy atom. The van der Waals surface area contributed by atoms with Crippen molar-refractivity contribution in [2.24, 2.45) is 0 Å². The molecule has 128 valence electrons. The summed E-state index contributed by atoms with van der Waals surface area (Å²) in [6.45, 7) is 2.15. The number of hydrogen-bond donors (Lipinski definition) is 1. The second-order valence-electron chi connectivity index (χ2n) is 5.34. The fraction of sp³-hybridized carbons (Fsp3) is 0.476. The molecular weight excluding hydrogens is 284 g/mol. The van der Waals surface area contributed by atoms with Gasteiger partial charge in [-0.15, -0.1) is 0 Å². The van der Waals surface area contributed by atoms with Crippen LogP contribution in [0.3, 0.4) is 0 Å².